The van der Waals surface area contributed by atoms with E-state index in [1.54, 1.807) is 55.5 Å². The topological polar surface area (TPSA) is 86.8 Å². The first kappa shape index (κ1) is 29.8. The summed E-state index contributed by atoms with van der Waals surface area (Å²) in [6, 6.07) is 17.9. The summed E-state index contributed by atoms with van der Waals surface area (Å²) in [5.74, 6) is -1.32. The Bertz CT molecular complexity index is 1370. The fourth-order valence-electron chi connectivity index (χ4n) is 4.16. The fraction of sp³-hybridized carbons (Fsp3) is 0.333. The first-order valence-corrected chi connectivity index (χ1v) is 14.4. The van der Waals surface area contributed by atoms with Gasteiger partial charge >= 0.3 is 0 Å². The lowest BCUT2D eigenvalue weighted by atomic mass is 10.1. The minimum Gasteiger partial charge on any atom is -0.352 e. The minimum atomic E-state index is -4.13. The highest BCUT2D eigenvalue weighted by Gasteiger charge is 2.33. The molecule has 208 valence electrons. The van der Waals surface area contributed by atoms with Crippen molar-refractivity contribution in [3.63, 3.8) is 0 Å². The second-order valence-electron chi connectivity index (χ2n) is 9.90. The number of rotatable bonds is 11. The molecule has 0 fully saturated rings. The Hall–Kier alpha value is -3.72. The van der Waals surface area contributed by atoms with Crippen LogP contribution in [-0.4, -0.2) is 43.8 Å². The predicted molar refractivity (Wildman–Crippen MR) is 151 cm³/mol. The van der Waals surface area contributed by atoms with E-state index in [0.717, 1.165) is 15.4 Å². The van der Waals surface area contributed by atoms with E-state index in [2.05, 4.69) is 5.32 Å². The maximum atomic E-state index is 14.0. The summed E-state index contributed by atoms with van der Waals surface area (Å²) < 4.78 is 42.3. The highest BCUT2D eigenvalue weighted by Crippen LogP contribution is 2.25. The maximum absolute atomic E-state index is 14.0. The van der Waals surface area contributed by atoms with Crippen LogP contribution in [0.15, 0.2) is 77.7 Å². The van der Waals surface area contributed by atoms with E-state index in [4.69, 9.17) is 0 Å². The van der Waals surface area contributed by atoms with Crippen molar-refractivity contribution in [3.05, 3.63) is 95.3 Å². The van der Waals surface area contributed by atoms with E-state index in [-0.39, 0.29) is 23.4 Å². The van der Waals surface area contributed by atoms with Crippen molar-refractivity contribution in [2.24, 2.45) is 0 Å². The van der Waals surface area contributed by atoms with Crippen LogP contribution >= 0.6 is 0 Å². The number of benzene rings is 3. The van der Waals surface area contributed by atoms with Crippen LogP contribution in [0.1, 0.15) is 43.9 Å². The SMILES string of the molecule is CC[C@H](C(=O)NC(C)C)N(Cc1ccc(F)cc1)C(=O)CN(c1ccc(C)cc1)S(=O)(=O)c1ccc(C)cc1. The van der Waals surface area contributed by atoms with Gasteiger partial charge in [0.05, 0.1) is 10.6 Å². The summed E-state index contributed by atoms with van der Waals surface area (Å²) in [6.07, 6.45) is 0.306. The standard InChI is InChI=1S/C30H36FN3O4S/c1-6-28(30(36)32-21(2)3)33(19-24-11-13-25(31)14-12-24)29(35)20-34(26-15-7-22(4)8-16-26)39(37,38)27-17-9-23(5)10-18-27/h7-18,21,28H,6,19-20H2,1-5H3,(H,32,36)/t28-/m1/s1. The smallest absolute Gasteiger partial charge is 0.264 e. The summed E-state index contributed by atoms with van der Waals surface area (Å²) >= 11 is 0. The van der Waals surface area contributed by atoms with Crippen LogP contribution in [0.25, 0.3) is 0 Å². The monoisotopic (exact) mass is 553 g/mol. The second kappa shape index (κ2) is 12.9. The van der Waals surface area contributed by atoms with Crippen molar-refractivity contribution in [1.82, 2.24) is 10.2 Å². The van der Waals surface area contributed by atoms with Crippen LogP contribution in [0.4, 0.5) is 10.1 Å². The van der Waals surface area contributed by atoms with E-state index < -0.39 is 34.3 Å². The van der Waals surface area contributed by atoms with Crippen molar-refractivity contribution in [1.29, 1.82) is 0 Å². The normalized spacial score (nSPS) is 12.2. The lowest BCUT2D eigenvalue weighted by molar-refractivity contribution is -0.140. The number of aryl methyl sites for hydroxylation is 2. The van der Waals surface area contributed by atoms with Crippen molar-refractivity contribution in [2.45, 2.75) is 64.6 Å². The number of nitrogens with one attached hydrogen (secondary N) is 1. The molecular weight excluding hydrogens is 517 g/mol. The Morgan fingerprint density at radius 1 is 0.872 bits per heavy atom. The Morgan fingerprint density at radius 3 is 1.92 bits per heavy atom. The van der Waals surface area contributed by atoms with Crippen molar-refractivity contribution < 1.29 is 22.4 Å². The molecule has 0 saturated heterocycles. The molecule has 0 aromatic heterocycles. The van der Waals surface area contributed by atoms with Gasteiger partial charge in [0.15, 0.2) is 0 Å². The Morgan fingerprint density at radius 2 is 1.41 bits per heavy atom. The van der Waals surface area contributed by atoms with Gasteiger partial charge in [-0.2, -0.15) is 0 Å². The number of sulfonamides is 1. The average molecular weight is 554 g/mol. The number of halogens is 1. The van der Waals surface area contributed by atoms with Crippen LogP contribution in [0.3, 0.4) is 0 Å². The average Bonchev–Trinajstić information content (AvgIpc) is 2.88. The molecule has 0 radical (unpaired) electrons. The van der Waals surface area contributed by atoms with Gasteiger partial charge in [-0.25, -0.2) is 12.8 Å². The highest BCUT2D eigenvalue weighted by molar-refractivity contribution is 7.92. The van der Waals surface area contributed by atoms with E-state index in [0.29, 0.717) is 17.7 Å². The van der Waals surface area contributed by atoms with Crippen molar-refractivity contribution in [2.75, 3.05) is 10.8 Å². The molecule has 0 aliphatic carbocycles. The fourth-order valence-corrected chi connectivity index (χ4v) is 5.58. The van der Waals surface area contributed by atoms with Crippen molar-refractivity contribution in [3.8, 4) is 0 Å². The van der Waals surface area contributed by atoms with Gasteiger partial charge in [0.2, 0.25) is 11.8 Å². The zero-order chi connectivity index (χ0) is 28.7. The summed E-state index contributed by atoms with van der Waals surface area (Å²) in [6.45, 7) is 8.67. The molecule has 0 aliphatic rings. The number of hydrogen-bond donors (Lipinski definition) is 1. The lowest BCUT2D eigenvalue weighted by Gasteiger charge is -2.33. The van der Waals surface area contributed by atoms with Gasteiger partial charge in [0.25, 0.3) is 10.0 Å². The van der Waals surface area contributed by atoms with E-state index >= 15 is 0 Å². The zero-order valence-electron chi connectivity index (χ0n) is 23.0. The van der Waals surface area contributed by atoms with Gasteiger partial charge in [-0.15, -0.1) is 0 Å². The molecule has 39 heavy (non-hydrogen) atoms. The number of amides is 2. The predicted octanol–water partition coefficient (Wildman–Crippen LogP) is 4.97. The molecule has 7 nitrogen and oxygen atoms in total. The number of nitrogens with zero attached hydrogens (tertiary/aromatic N) is 2. The van der Waals surface area contributed by atoms with Gasteiger partial charge in [-0.1, -0.05) is 54.4 Å². The Labute approximate surface area is 230 Å². The third-order valence-electron chi connectivity index (χ3n) is 6.29. The number of anilines is 1. The molecule has 0 aliphatic heterocycles. The molecule has 1 N–H and O–H groups in total. The second-order valence-corrected chi connectivity index (χ2v) is 11.8. The van der Waals surface area contributed by atoms with Gasteiger partial charge in [-0.3, -0.25) is 13.9 Å². The molecule has 0 unspecified atom stereocenters. The third-order valence-corrected chi connectivity index (χ3v) is 8.08. The molecule has 0 spiro atoms. The van der Waals surface area contributed by atoms with Crippen LogP contribution < -0.4 is 9.62 Å². The van der Waals surface area contributed by atoms with Crippen LogP contribution in [0.5, 0.6) is 0 Å². The van der Waals surface area contributed by atoms with Gasteiger partial charge in [-0.05, 0) is 76.1 Å². The molecule has 3 rings (SSSR count). The minimum absolute atomic E-state index is 0.00938. The number of carbonyl (C=O) groups is 2. The van der Waals surface area contributed by atoms with Gasteiger partial charge in [0, 0.05) is 12.6 Å². The number of hydrogen-bond acceptors (Lipinski definition) is 4. The molecule has 0 heterocycles. The first-order valence-electron chi connectivity index (χ1n) is 12.9. The van der Waals surface area contributed by atoms with Crippen LogP contribution in [0.2, 0.25) is 0 Å². The zero-order valence-corrected chi connectivity index (χ0v) is 23.8. The van der Waals surface area contributed by atoms with E-state index in [9.17, 15) is 22.4 Å². The summed E-state index contributed by atoms with van der Waals surface area (Å²) in [5, 5.41) is 2.85. The summed E-state index contributed by atoms with van der Waals surface area (Å²) in [4.78, 5) is 28.5. The maximum Gasteiger partial charge on any atom is 0.264 e. The molecule has 1 atom stereocenters. The summed E-state index contributed by atoms with van der Waals surface area (Å²) in [5.41, 5.74) is 2.78. The molecular formula is C30H36FN3O4S. The van der Waals surface area contributed by atoms with Crippen molar-refractivity contribution >= 4 is 27.5 Å². The molecule has 2 amide bonds. The largest absolute Gasteiger partial charge is 0.352 e. The molecule has 9 heteroatoms. The molecule has 0 saturated carbocycles. The molecule has 3 aromatic rings. The molecule has 3 aromatic carbocycles. The van der Waals surface area contributed by atoms with Gasteiger partial charge < -0.3 is 10.2 Å². The van der Waals surface area contributed by atoms with E-state index in [1.165, 1.54) is 29.2 Å². The summed E-state index contributed by atoms with van der Waals surface area (Å²) in [7, 11) is -4.13. The number of carbonyl (C=O) groups excluding carboxylic acids is 2. The molecule has 0 bridgehead atoms. The highest BCUT2D eigenvalue weighted by atomic mass is 32.2. The lowest BCUT2D eigenvalue weighted by Crippen LogP contribution is -2.53. The third kappa shape index (κ3) is 7.66. The Balaban J connectivity index is 2.05. The van der Waals surface area contributed by atoms with E-state index in [1.807, 2.05) is 27.7 Å². The Kier molecular flexibility index (Phi) is 9.86. The quantitative estimate of drug-likeness (QED) is 0.363. The van der Waals surface area contributed by atoms with Gasteiger partial charge in [0.1, 0.15) is 18.4 Å². The van der Waals surface area contributed by atoms with Crippen LogP contribution in [-0.2, 0) is 26.2 Å². The van der Waals surface area contributed by atoms with Crippen LogP contribution in [0, 0.1) is 19.7 Å². The first-order chi connectivity index (χ1) is 18.4.